The van der Waals surface area contributed by atoms with Crippen molar-refractivity contribution in [2.24, 2.45) is 0 Å². The smallest absolute Gasteiger partial charge is 0.251 e. The second-order valence-electron chi connectivity index (χ2n) is 4.72. The van der Waals surface area contributed by atoms with Crippen LogP contribution in [0.1, 0.15) is 24.2 Å². The van der Waals surface area contributed by atoms with Gasteiger partial charge in [0.15, 0.2) is 11.5 Å². The predicted octanol–water partition coefficient (Wildman–Crippen LogP) is 0.817. The highest BCUT2D eigenvalue weighted by molar-refractivity contribution is 7.89. The number of rotatable bonds is 7. The summed E-state index contributed by atoms with van der Waals surface area (Å²) in [4.78, 5) is 12.0. The zero-order chi connectivity index (χ0) is 16.2. The first kappa shape index (κ1) is 16.6. The molecule has 122 valence electrons. The second kappa shape index (κ2) is 6.97. The van der Waals surface area contributed by atoms with E-state index in [4.69, 9.17) is 9.47 Å². The number of amides is 1. The molecule has 0 atom stereocenters. The van der Waals surface area contributed by atoms with Crippen molar-refractivity contribution in [2.75, 3.05) is 32.2 Å². The van der Waals surface area contributed by atoms with E-state index in [1.807, 2.05) is 0 Å². The van der Waals surface area contributed by atoms with Crippen LogP contribution in [0.5, 0.6) is 11.5 Å². The highest BCUT2D eigenvalue weighted by Gasteiger charge is 2.19. The number of hydrogen-bond donors (Lipinski definition) is 1. The zero-order valence-corrected chi connectivity index (χ0v) is 13.5. The molecule has 1 aliphatic rings. The summed E-state index contributed by atoms with van der Waals surface area (Å²) >= 11 is 0. The number of hydrogen-bond acceptors (Lipinski definition) is 5. The van der Waals surface area contributed by atoms with Gasteiger partial charge in [0.1, 0.15) is 0 Å². The normalized spacial score (nSPS) is 13.4. The first-order chi connectivity index (χ1) is 10.5. The van der Waals surface area contributed by atoms with E-state index in [0.29, 0.717) is 30.2 Å². The molecule has 2 rings (SSSR count). The molecule has 0 saturated carbocycles. The van der Waals surface area contributed by atoms with E-state index in [2.05, 4.69) is 5.32 Å². The van der Waals surface area contributed by atoms with E-state index in [1.54, 1.807) is 32.0 Å². The Morgan fingerprint density at radius 3 is 2.59 bits per heavy atom. The van der Waals surface area contributed by atoms with Crippen LogP contribution in [-0.4, -0.2) is 50.8 Å². The molecule has 1 N–H and O–H groups in total. The van der Waals surface area contributed by atoms with Crippen molar-refractivity contribution in [3.63, 3.8) is 0 Å². The van der Waals surface area contributed by atoms with Gasteiger partial charge < -0.3 is 14.8 Å². The lowest BCUT2D eigenvalue weighted by molar-refractivity contribution is 0.0955. The van der Waals surface area contributed by atoms with Gasteiger partial charge in [0, 0.05) is 25.2 Å². The molecule has 0 aromatic heterocycles. The lowest BCUT2D eigenvalue weighted by atomic mass is 10.2. The molecular formula is C14H20N2O5S. The van der Waals surface area contributed by atoms with Crippen molar-refractivity contribution < 1.29 is 22.7 Å². The van der Waals surface area contributed by atoms with Gasteiger partial charge in [-0.05, 0) is 18.2 Å². The van der Waals surface area contributed by atoms with Gasteiger partial charge in [0.25, 0.3) is 5.91 Å². The van der Waals surface area contributed by atoms with Crippen LogP contribution in [0.15, 0.2) is 18.2 Å². The van der Waals surface area contributed by atoms with E-state index >= 15 is 0 Å². The van der Waals surface area contributed by atoms with Crippen LogP contribution in [0, 0.1) is 0 Å². The fourth-order valence-corrected chi connectivity index (χ4v) is 3.58. The third-order valence-electron chi connectivity index (χ3n) is 3.38. The van der Waals surface area contributed by atoms with E-state index in [-0.39, 0.29) is 25.0 Å². The molecule has 1 heterocycles. The van der Waals surface area contributed by atoms with Gasteiger partial charge >= 0.3 is 0 Å². The molecule has 0 radical (unpaired) electrons. The maximum atomic E-state index is 12.0. The Bertz CT molecular complexity index is 641. The number of carbonyl (C=O) groups excluding carboxylic acids is 1. The van der Waals surface area contributed by atoms with Gasteiger partial charge in [-0.2, -0.15) is 0 Å². The number of sulfonamides is 1. The predicted molar refractivity (Wildman–Crippen MR) is 81.6 cm³/mol. The molecule has 1 aromatic rings. The van der Waals surface area contributed by atoms with Crippen LogP contribution in [0.2, 0.25) is 0 Å². The summed E-state index contributed by atoms with van der Waals surface area (Å²) in [5, 5.41) is 2.61. The molecule has 0 bridgehead atoms. The number of fused-ring (bicyclic) bond motifs is 1. The monoisotopic (exact) mass is 328 g/mol. The molecule has 22 heavy (non-hydrogen) atoms. The molecule has 8 heteroatoms. The van der Waals surface area contributed by atoms with E-state index in [9.17, 15) is 13.2 Å². The Morgan fingerprint density at radius 2 is 1.91 bits per heavy atom. The standard InChI is InChI=1S/C14H20N2O5S/c1-3-16(4-2)22(18,19)8-7-15-14(17)11-5-6-12-13(9-11)21-10-20-12/h5-6,9H,3-4,7-8,10H2,1-2H3,(H,15,17). The SMILES string of the molecule is CCN(CC)S(=O)(=O)CCNC(=O)c1ccc2c(c1)OCO2. The fraction of sp³-hybridized carbons (Fsp3) is 0.500. The topological polar surface area (TPSA) is 84.9 Å². The maximum absolute atomic E-state index is 12.0. The fourth-order valence-electron chi connectivity index (χ4n) is 2.18. The largest absolute Gasteiger partial charge is 0.454 e. The average Bonchev–Trinajstić information content (AvgIpc) is 2.95. The van der Waals surface area contributed by atoms with Crippen molar-refractivity contribution in [1.29, 1.82) is 0 Å². The highest BCUT2D eigenvalue weighted by Crippen LogP contribution is 2.32. The quantitative estimate of drug-likeness (QED) is 0.801. The minimum atomic E-state index is -3.34. The Labute approximate surface area is 130 Å². The van der Waals surface area contributed by atoms with Crippen LogP contribution in [0.4, 0.5) is 0 Å². The van der Waals surface area contributed by atoms with Crippen LogP contribution in [0.25, 0.3) is 0 Å². The van der Waals surface area contributed by atoms with Crippen molar-refractivity contribution in [3.05, 3.63) is 23.8 Å². The van der Waals surface area contributed by atoms with Crippen LogP contribution in [0.3, 0.4) is 0 Å². The van der Waals surface area contributed by atoms with E-state index in [1.165, 1.54) is 4.31 Å². The van der Waals surface area contributed by atoms with Crippen molar-refractivity contribution in [3.8, 4) is 11.5 Å². The Morgan fingerprint density at radius 1 is 1.23 bits per heavy atom. The molecule has 0 unspecified atom stereocenters. The summed E-state index contributed by atoms with van der Waals surface area (Å²) in [5.74, 6) is 0.655. The minimum absolute atomic E-state index is 0.0616. The Kier molecular flexibility index (Phi) is 5.25. The number of benzene rings is 1. The van der Waals surface area contributed by atoms with Crippen LogP contribution < -0.4 is 14.8 Å². The molecule has 0 saturated heterocycles. The van der Waals surface area contributed by atoms with E-state index in [0.717, 1.165) is 0 Å². The van der Waals surface area contributed by atoms with E-state index < -0.39 is 10.0 Å². The average molecular weight is 328 g/mol. The number of ether oxygens (including phenoxy) is 2. The molecule has 0 aliphatic carbocycles. The molecule has 0 fully saturated rings. The Balaban J connectivity index is 1.91. The summed E-state index contributed by atoms with van der Waals surface area (Å²) in [5.41, 5.74) is 0.407. The van der Waals surface area contributed by atoms with Gasteiger partial charge in [0.2, 0.25) is 16.8 Å². The lowest BCUT2D eigenvalue weighted by Gasteiger charge is -2.18. The lowest BCUT2D eigenvalue weighted by Crippen LogP contribution is -2.37. The molecular weight excluding hydrogens is 308 g/mol. The van der Waals surface area contributed by atoms with Crippen molar-refractivity contribution in [1.82, 2.24) is 9.62 Å². The third-order valence-corrected chi connectivity index (χ3v) is 5.40. The number of carbonyl (C=O) groups is 1. The van der Waals surface area contributed by atoms with Crippen LogP contribution >= 0.6 is 0 Å². The Hall–Kier alpha value is -1.80. The first-order valence-electron chi connectivity index (χ1n) is 7.13. The first-order valence-corrected chi connectivity index (χ1v) is 8.74. The van der Waals surface area contributed by atoms with Crippen molar-refractivity contribution >= 4 is 15.9 Å². The summed E-state index contributed by atoms with van der Waals surface area (Å²) in [6.45, 7) is 4.62. The van der Waals surface area contributed by atoms with Gasteiger partial charge in [-0.15, -0.1) is 0 Å². The summed E-state index contributed by atoms with van der Waals surface area (Å²) in [6, 6.07) is 4.85. The zero-order valence-electron chi connectivity index (χ0n) is 12.7. The molecule has 0 spiro atoms. The summed E-state index contributed by atoms with van der Waals surface area (Å²) in [6.07, 6.45) is 0. The van der Waals surface area contributed by atoms with Gasteiger partial charge in [0.05, 0.1) is 5.75 Å². The maximum Gasteiger partial charge on any atom is 0.251 e. The minimum Gasteiger partial charge on any atom is -0.454 e. The number of nitrogens with zero attached hydrogens (tertiary/aromatic N) is 1. The third kappa shape index (κ3) is 3.69. The van der Waals surface area contributed by atoms with Gasteiger partial charge in [-0.1, -0.05) is 13.8 Å². The van der Waals surface area contributed by atoms with Crippen LogP contribution in [-0.2, 0) is 10.0 Å². The molecule has 1 aromatic carbocycles. The summed E-state index contributed by atoms with van der Waals surface area (Å²) in [7, 11) is -3.34. The van der Waals surface area contributed by atoms with Gasteiger partial charge in [-0.3, -0.25) is 4.79 Å². The van der Waals surface area contributed by atoms with Crippen molar-refractivity contribution in [2.45, 2.75) is 13.8 Å². The number of nitrogens with one attached hydrogen (secondary N) is 1. The summed E-state index contributed by atoms with van der Waals surface area (Å²) < 4.78 is 35.8. The molecule has 7 nitrogen and oxygen atoms in total. The van der Waals surface area contributed by atoms with Gasteiger partial charge in [-0.25, -0.2) is 12.7 Å². The second-order valence-corrected chi connectivity index (χ2v) is 6.81. The molecule has 1 aliphatic heterocycles. The highest BCUT2D eigenvalue weighted by atomic mass is 32.2. The molecule has 1 amide bonds.